The van der Waals surface area contributed by atoms with Crippen LogP contribution in [-0.4, -0.2) is 5.60 Å². The van der Waals surface area contributed by atoms with Crippen molar-refractivity contribution in [3.63, 3.8) is 0 Å². The summed E-state index contributed by atoms with van der Waals surface area (Å²) in [7, 11) is 0. The lowest BCUT2D eigenvalue weighted by molar-refractivity contribution is 0.0524. The number of hydrogen-bond acceptors (Lipinski definition) is 1. The molecular weight excluding hydrogens is 328 g/mol. The zero-order valence-electron chi connectivity index (χ0n) is 18.7. The first-order valence-electron chi connectivity index (χ1n) is 11.6. The highest BCUT2D eigenvalue weighted by atomic mass is 16.5. The second-order valence-electron chi connectivity index (χ2n) is 10.0. The fraction of sp³-hybridized carbons (Fsp3) is 0.769. The molecule has 2 rings (SSSR count). The maximum Gasteiger partial charge on any atom is 0.123 e. The van der Waals surface area contributed by atoms with Gasteiger partial charge >= 0.3 is 0 Å². The maximum absolute atomic E-state index is 6.37. The van der Waals surface area contributed by atoms with Gasteiger partial charge in [0.15, 0.2) is 0 Å². The van der Waals surface area contributed by atoms with E-state index >= 15 is 0 Å². The van der Waals surface area contributed by atoms with Crippen LogP contribution in [0.4, 0.5) is 0 Å². The monoisotopic (exact) mass is 372 g/mol. The van der Waals surface area contributed by atoms with Crippen LogP contribution in [-0.2, 0) is 6.42 Å². The largest absolute Gasteiger partial charge is 0.487 e. The lowest BCUT2D eigenvalue weighted by Gasteiger charge is -2.36. The second-order valence-corrected chi connectivity index (χ2v) is 10.0. The average Bonchev–Trinajstić information content (AvgIpc) is 2.61. The zero-order chi connectivity index (χ0) is 19.7. The quantitative estimate of drug-likeness (QED) is 0.359. The molecule has 3 atom stereocenters. The summed E-state index contributed by atoms with van der Waals surface area (Å²) in [6, 6.07) is 8.56. The number of ether oxygens (including phenoxy) is 1. The Bertz CT molecular complexity index is 535. The molecule has 0 aromatic heterocycles. The minimum absolute atomic E-state index is 0.0407. The predicted octanol–water partition coefficient (Wildman–Crippen LogP) is 8.21. The molecule has 1 heteroatoms. The van der Waals surface area contributed by atoms with Crippen molar-refractivity contribution in [2.24, 2.45) is 17.8 Å². The minimum atomic E-state index is 0.0407. The van der Waals surface area contributed by atoms with Crippen LogP contribution in [0.15, 0.2) is 24.3 Å². The molecule has 0 N–H and O–H groups in total. The van der Waals surface area contributed by atoms with E-state index in [4.69, 9.17) is 4.74 Å². The molecule has 0 bridgehead atoms. The molecule has 1 aliphatic heterocycles. The van der Waals surface area contributed by atoms with Crippen molar-refractivity contribution in [1.82, 2.24) is 0 Å². The first-order valence-corrected chi connectivity index (χ1v) is 11.6. The SMILES string of the molecule is CC(C)CCCC(C)CCCC(C)CCC[C@]1(C)CCc2ccccc2O1. The smallest absolute Gasteiger partial charge is 0.123 e. The van der Waals surface area contributed by atoms with E-state index in [0.717, 1.165) is 36.3 Å². The van der Waals surface area contributed by atoms with Gasteiger partial charge in [-0.2, -0.15) is 0 Å². The lowest BCUT2D eigenvalue weighted by Crippen LogP contribution is -2.36. The molecule has 1 nitrogen and oxygen atoms in total. The van der Waals surface area contributed by atoms with Gasteiger partial charge < -0.3 is 4.74 Å². The standard InChI is InChI=1S/C26H44O/c1-21(2)11-8-12-22(3)13-9-14-23(4)15-10-19-26(5)20-18-24-16-6-7-17-25(24)27-26/h6-7,16-17,21-23H,8-15,18-20H2,1-5H3/t22?,23?,26-/m1/s1. The topological polar surface area (TPSA) is 9.23 Å². The number of fused-ring (bicyclic) bond motifs is 1. The van der Waals surface area contributed by atoms with Crippen LogP contribution in [0.25, 0.3) is 0 Å². The molecule has 0 fully saturated rings. The van der Waals surface area contributed by atoms with Crippen LogP contribution in [0, 0.1) is 17.8 Å². The van der Waals surface area contributed by atoms with Gasteiger partial charge in [-0.3, -0.25) is 0 Å². The number of aryl methyl sites for hydroxylation is 1. The minimum Gasteiger partial charge on any atom is -0.487 e. The van der Waals surface area contributed by atoms with Crippen LogP contribution in [0.1, 0.15) is 104 Å². The summed E-state index contributed by atoms with van der Waals surface area (Å²) < 4.78 is 6.37. The van der Waals surface area contributed by atoms with Crippen LogP contribution in [0.2, 0.25) is 0 Å². The van der Waals surface area contributed by atoms with Crippen LogP contribution < -0.4 is 4.74 Å². The van der Waals surface area contributed by atoms with Gasteiger partial charge in [-0.1, -0.05) is 90.8 Å². The molecule has 2 unspecified atom stereocenters. The molecule has 1 aromatic carbocycles. The predicted molar refractivity (Wildman–Crippen MR) is 119 cm³/mol. The molecule has 0 aliphatic carbocycles. The Morgan fingerprint density at radius 2 is 1.44 bits per heavy atom. The molecule has 27 heavy (non-hydrogen) atoms. The van der Waals surface area contributed by atoms with E-state index in [9.17, 15) is 0 Å². The highest BCUT2D eigenvalue weighted by Gasteiger charge is 2.30. The third kappa shape index (κ3) is 8.28. The first kappa shape index (κ1) is 22.3. The van der Waals surface area contributed by atoms with Crippen molar-refractivity contribution in [3.05, 3.63) is 29.8 Å². The summed E-state index contributed by atoms with van der Waals surface area (Å²) in [5.41, 5.74) is 1.42. The van der Waals surface area contributed by atoms with Gasteiger partial charge in [-0.25, -0.2) is 0 Å². The number of rotatable bonds is 12. The molecule has 0 spiro atoms. The Hall–Kier alpha value is -0.980. The Morgan fingerprint density at radius 1 is 0.852 bits per heavy atom. The fourth-order valence-electron chi connectivity index (χ4n) is 4.50. The maximum atomic E-state index is 6.37. The summed E-state index contributed by atoms with van der Waals surface area (Å²) in [4.78, 5) is 0. The van der Waals surface area contributed by atoms with Crippen LogP contribution in [0.5, 0.6) is 5.75 Å². The summed E-state index contributed by atoms with van der Waals surface area (Å²) in [6.07, 6.45) is 14.6. The summed E-state index contributed by atoms with van der Waals surface area (Å²) in [5.74, 6) is 3.74. The third-order valence-corrected chi connectivity index (χ3v) is 6.53. The Balaban J connectivity index is 1.57. The Morgan fingerprint density at radius 3 is 2.11 bits per heavy atom. The van der Waals surface area contributed by atoms with Crippen LogP contribution in [0.3, 0.4) is 0 Å². The molecule has 0 radical (unpaired) electrons. The van der Waals surface area contributed by atoms with Crippen molar-refractivity contribution in [2.75, 3.05) is 0 Å². The van der Waals surface area contributed by atoms with E-state index in [1.807, 2.05) is 0 Å². The van der Waals surface area contributed by atoms with Crippen molar-refractivity contribution in [3.8, 4) is 5.75 Å². The van der Waals surface area contributed by atoms with E-state index in [1.54, 1.807) is 0 Å². The molecule has 1 aromatic rings. The second kappa shape index (κ2) is 11.1. The van der Waals surface area contributed by atoms with Crippen molar-refractivity contribution in [2.45, 2.75) is 111 Å². The van der Waals surface area contributed by atoms with Gasteiger partial charge in [0.25, 0.3) is 0 Å². The third-order valence-electron chi connectivity index (χ3n) is 6.53. The van der Waals surface area contributed by atoms with E-state index in [0.29, 0.717) is 0 Å². The first-order chi connectivity index (χ1) is 12.9. The molecule has 0 saturated carbocycles. The zero-order valence-corrected chi connectivity index (χ0v) is 18.7. The highest BCUT2D eigenvalue weighted by molar-refractivity contribution is 5.35. The Labute approximate surface area is 169 Å². The lowest BCUT2D eigenvalue weighted by atomic mass is 9.86. The van der Waals surface area contributed by atoms with Gasteiger partial charge in [0, 0.05) is 0 Å². The molecule has 0 saturated heterocycles. The molecule has 154 valence electrons. The number of para-hydroxylation sites is 1. The summed E-state index contributed by atoms with van der Waals surface area (Å²) >= 11 is 0. The van der Waals surface area contributed by atoms with Crippen molar-refractivity contribution >= 4 is 0 Å². The van der Waals surface area contributed by atoms with Crippen molar-refractivity contribution in [1.29, 1.82) is 0 Å². The van der Waals surface area contributed by atoms with Gasteiger partial charge in [-0.05, 0) is 62.0 Å². The summed E-state index contributed by atoms with van der Waals surface area (Å²) in [6.45, 7) is 11.9. The van der Waals surface area contributed by atoms with E-state index in [2.05, 4.69) is 58.9 Å². The van der Waals surface area contributed by atoms with E-state index < -0.39 is 0 Å². The molecule has 1 heterocycles. The van der Waals surface area contributed by atoms with Crippen LogP contribution >= 0.6 is 0 Å². The van der Waals surface area contributed by atoms with Crippen molar-refractivity contribution < 1.29 is 4.74 Å². The van der Waals surface area contributed by atoms with Gasteiger partial charge in [0.1, 0.15) is 11.4 Å². The number of benzene rings is 1. The van der Waals surface area contributed by atoms with Gasteiger partial charge in [-0.15, -0.1) is 0 Å². The Kier molecular flexibility index (Phi) is 9.19. The van der Waals surface area contributed by atoms with Gasteiger partial charge in [0.2, 0.25) is 0 Å². The normalized spacial score (nSPS) is 21.6. The highest BCUT2D eigenvalue weighted by Crippen LogP contribution is 2.36. The average molecular weight is 373 g/mol. The molecular formula is C26H44O. The van der Waals surface area contributed by atoms with Gasteiger partial charge in [0.05, 0.1) is 0 Å². The van der Waals surface area contributed by atoms with E-state index in [1.165, 1.54) is 63.4 Å². The summed E-state index contributed by atoms with van der Waals surface area (Å²) in [5, 5.41) is 0. The fourth-order valence-corrected chi connectivity index (χ4v) is 4.50. The molecule has 1 aliphatic rings. The number of hydrogen-bond donors (Lipinski definition) is 0. The molecule has 0 amide bonds. The van der Waals surface area contributed by atoms with E-state index in [-0.39, 0.29) is 5.60 Å².